The molecule has 114 valence electrons. The molecule has 0 spiro atoms. The van der Waals surface area contributed by atoms with E-state index in [9.17, 15) is 4.79 Å². The van der Waals surface area contributed by atoms with E-state index in [1.165, 1.54) is 0 Å². The molecule has 2 aliphatic carbocycles. The van der Waals surface area contributed by atoms with E-state index >= 15 is 0 Å². The number of anilines is 1. The topological polar surface area (TPSA) is 62.1 Å². The van der Waals surface area contributed by atoms with Crippen molar-refractivity contribution >= 4 is 11.8 Å². The smallest absolute Gasteiger partial charge is 0.411 e. The number of nitrogens with one attached hydrogen (secondary N) is 1. The monoisotopic (exact) mass is 304 g/mol. The summed E-state index contributed by atoms with van der Waals surface area (Å²) in [5.41, 5.74) is 1.38. The number of rotatable bonds is 2. The molecule has 0 unspecified atom stereocenters. The molecule has 1 amide bonds. The van der Waals surface area contributed by atoms with Crippen molar-refractivity contribution in [2.75, 3.05) is 5.32 Å². The zero-order valence-corrected chi connectivity index (χ0v) is 12.6. The van der Waals surface area contributed by atoms with Crippen LogP contribution in [0.4, 0.5) is 10.5 Å². The van der Waals surface area contributed by atoms with Crippen molar-refractivity contribution in [2.24, 2.45) is 11.8 Å². The summed E-state index contributed by atoms with van der Waals surface area (Å²) >= 11 is 0. The molecule has 1 N–H and O–H groups in total. The first-order valence-electron chi connectivity index (χ1n) is 7.71. The number of carbonyl (C=O) groups is 1. The Hall–Kier alpha value is -2.90. The van der Waals surface area contributed by atoms with Crippen LogP contribution < -0.4 is 5.32 Å². The third-order valence-corrected chi connectivity index (χ3v) is 4.22. The minimum atomic E-state index is -0.418. The number of hydrogen-bond acceptors (Lipinski definition) is 3. The van der Waals surface area contributed by atoms with Gasteiger partial charge in [0.1, 0.15) is 6.10 Å². The molecule has 0 radical (unpaired) electrons. The highest BCUT2D eigenvalue weighted by Gasteiger charge is 2.52. The first-order chi connectivity index (χ1) is 11.3. The Bertz CT molecular complexity index is 735. The fourth-order valence-corrected chi connectivity index (χ4v) is 3.00. The van der Waals surface area contributed by atoms with Crippen LogP contribution in [0.1, 0.15) is 31.2 Å². The lowest BCUT2D eigenvalue weighted by Crippen LogP contribution is -2.16. The van der Waals surface area contributed by atoms with E-state index in [1.54, 1.807) is 30.3 Å². The lowest BCUT2D eigenvalue weighted by molar-refractivity contribution is 0.143. The highest BCUT2D eigenvalue weighted by molar-refractivity contribution is 5.84. The molecule has 2 atom stereocenters. The fourth-order valence-electron chi connectivity index (χ4n) is 3.00. The Morgan fingerprint density at radius 1 is 1.17 bits per heavy atom. The summed E-state index contributed by atoms with van der Waals surface area (Å²) < 4.78 is 5.54. The van der Waals surface area contributed by atoms with Gasteiger partial charge in [0.05, 0.1) is 0 Å². The van der Waals surface area contributed by atoms with Gasteiger partial charge in [0, 0.05) is 41.8 Å². The van der Waals surface area contributed by atoms with Crippen LogP contribution in [0.3, 0.4) is 0 Å². The highest BCUT2D eigenvalue weighted by atomic mass is 16.6. The molecule has 0 saturated heterocycles. The quantitative estimate of drug-likeness (QED) is 0.853. The van der Waals surface area contributed by atoms with Crippen molar-refractivity contribution in [2.45, 2.75) is 31.8 Å². The molecule has 0 heterocycles. The number of amides is 1. The molecule has 1 aromatic rings. The Morgan fingerprint density at radius 3 is 2.43 bits per heavy atom. The van der Waals surface area contributed by atoms with Gasteiger partial charge in [0.25, 0.3) is 0 Å². The van der Waals surface area contributed by atoms with Crippen molar-refractivity contribution in [3.05, 3.63) is 29.8 Å². The van der Waals surface area contributed by atoms with E-state index < -0.39 is 6.09 Å². The first-order valence-corrected chi connectivity index (χ1v) is 7.71. The van der Waals surface area contributed by atoms with Gasteiger partial charge in [-0.3, -0.25) is 5.32 Å². The second-order valence-corrected chi connectivity index (χ2v) is 5.69. The van der Waals surface area contributed by atoms with Crippen molar-refractivity contribution in [1.29, 1.82) is 5.26 Å². The second-order valence-electron chi connectivity index (χ2n) is 5.69. The average Bonchev–Trinajstić information content (AvgIpc) is 3.15. The number of carbonyl (C=O) groups excluding carboxylic acids is 1. The van der Waals surface area contributed by atoms with Gasteiger partial charge in [-0.2, -0.15) is 5.26 Å². The second kappa shape index (κ2) is 6.91. The maximum atomic E-state index is 12.0. The molecule has 2 aliphatic rings. The van der Waals surface area contributed by atoms with E-state index in [4.69, 9.17) is 10.00 Å². The van der Waals surface area contributed by atoms with E-state index in [-0.39, 0.29) is 6.10 Å². The van der Waals surface area contributed by atoms with Crippen LogP contribution in [0.5, 0.6) is 0 Å². The third-order valence-electron chi connectivity index (χ3n) is 4.22. The van der Waals surface area contributed by atoms with Gasteiger partial charge < -0.3 is 4.74 Å². The lowest BCUT2D eigenvalue weighted by Gasteiger charge is -2.07. The normalized spacial score (nSPS) is 24.0. The number of ether oxygens (including phenoxy) is 1. The molecule has 0 aromatic heterocycles. The molecule has 1 fully saturated rings. The number of hydrogen-bond donors (Lipinski definition) is 1. The van der Waals surface area contributed by atoms with Crippen LogP contribution in [0.2, 0.25) is 0 Å². The van der Waals surface area contributed by atoms with Crippen LogP contribution in [0.15, 0.2) is 24.3 Å². The minimum Gasteiger partial charge on any atom is -0.445 e. The largest absolute Gasteiger partial charge is 0.445 e. The third kappa shape index (κ3) is 3.85. The van der Waals surface area contributed by atoms with Crippen molar-refractivity contribution in [3.8, 4) is 29.8 Å². The van der Waals surface area contributed by atoms with Gasteiger partial charge in [0.2, 0.25) is 0 Å². The van der Waals surface area contributed by atoms with Gasteiger partial charge in [0.15, 0.2) is 6.07 Å². The van der Waals surface area contributed by atoms with E-state index in [2.05, 4.69) is 29.0 Å². The molecular weight excluding hydrogens is 288 g/mol. The van der Waals surface area contributed by atoms with E-state index in [0.717, 1.165) is 31.2 Å². The zero-order chi connectivity index (χ0) is 16.1. The number of nitrogens with zero attached hydrogens (tertiary/aromatic N) is 1. The van der Waals surface area contributed by atoms with Crippen molar-refractivity contribution in [1.82, 2.24) is 0 Å². The standard InChI is InChI=1S/C19H16N2O2/c20-13-5-6-14-9-11-15(12-10-14)21-19(22)23-18-16-7-3-1-2-4-8-17(16)18/h9-12,16-18H,3-4,7-8H2,(H,21,22)/t16-,17-/m0/s1. The average molecular weight is 304 g/mol. The molecule has 3 rings (SSSR count). The predicted molar refractivity (Wildman–Crippen MR) is 86.0 cm³/mol. The van der Waals surface area contributed by atoms with Crippen LogP contribution in [-0.4, -0.2) is 12.2 Å². The van der Waals surface area contributed by atoms with Crippen LogP contribution >= 0.6 is 0 Å². The molecule has 0 aliphatic heterocycles. The molecule has 1 aromatic carbocycles. The summed E-state index contributed by atoms with van der Waals surface area (Å²) in [6.07, 6.45) is 3.43. The SMILES string of the molecule is N#CC#Cc1ccc(NC(=O)OC2[C@H]3CCC#CCC[C@H]23)cc1. The summed E-state index contributed by atoms with van der Waals surface area (Å²) in [5.74, 6) is 12.3. The summed E-state index contributed by atoms with van der Waals surface area (Å²) in [7, 11) is 0. The van der Waals surface area contributed by atoms with Crippen LogP contribution in [0, 0.1) is 46.8 Å². The maximum absolute atomic E-state index is 12.0. The van der Waals surface area contributed by atoms with Gasteiger partial charge in [-0.15, -0.1) is 11.8 Å². The summed E-state index contributed by atoms with van der Waals surface area (Å²) in [6.45, 7) is 0. The van der Waals surface area contributed by atoms with Gasteiger partial charge in [-0.1, -0.05) is 5.92 Å². The van der Waals surface area contributed by atoms with Crippen molar-refractivity contribution in [3.63, 3.8) is 0 Å². The minimum absolute atomic E-state index is 0.0254. The van der Waals surface area contributed by atoms with Gasteiger partial charge in [-0.05, 0) is 37.1 Å². The highest BCUT2D eigenvalue weighted by Crippen LogP contribution is 2.48. The van der Waals surface area contributed by atoms with E-state index in [0.29, 0.717) is 17.5 Å². The van der Waals surface area contributed by atoms with Gasteiger partial charge >= 0.3 is 6.09 Å². The number of fused-ring (bicyclic) bond motifs is 1. The predicted octanol–water partition coefficient (Wildman–Crippen LogP) is 3.30. The van der Waals surface area contributed by atoms with Crippen LogP contribution in [0.25, 0.3) is 0 Å². The zero-order valence-electron chi connectivity index (χ0n) is 12.6. The van der Waals surface area contributed by atoms with E-state index in [1.807, 2.05) is 0 Å². The molecule has 4 heteroatoms. The molecule has 4 nitrogen and oxygen atoms in total. The summed E-state index contributed by atoms with van der Waals surface area (Å²) in [6, 6.07) is 8.76. The Labute approximate surface area is 135 Å². The molecular formula is C19H16N2O2. The lowest BCUT2D eigenvalue weighted by atomic mass is 10.1. The van der Waals surface area contributed by atoms with Crippen molar-refractivity contribution < 1.29 is 9.53 Å². The Morgan fingerprint density at radius 2 is 1.83 bits per heavy atom. The van der Waals surface area contributed by atoms with Gasteiger partial charge in [-0.25, -0.2) is 4.79 Å². The van der Waals surface area contributed by atoms with Crippen LogP contribution in [-0.2, 0) is 4.74 Å². The summed E-state index contributed by atoms with van der Waals surface area (Å²) in [4.78, 5) is 12.0. The molecule has 0 bridgehead atoms. The Balaban J connectivity index is 1.51. The molecule has 23 heavy (non-hydrogen) atoms. The fraction of sp³-hybridized carbons (Fsp3) is 0.368. The number of nitriles is 1. The number of benzene rings is 1. The Kier molecular flexibility index (Phi) is 4.51. The molecule has 1 saturated carbocycles. The summed E-state index contributed by atoms with van der Waals surface area (Å²) in [5, 5.41) is 11.1. The maximum Gasteiger partial charge on any atom is 0.411 e. The first kappa shape index (κ1) is 15.0.